The van der Waals surface area contributed by atoms with Crippen molar-refractivity contribution in [2.45, 2.75) is 19.4 Å². The van der Waals surface area contributed by atoms with Crippen molar-refractivity contribution in [1.29, 1.82) is 0 Å². The van der Waals surface area contributed by atoms with E-state index in [0.717, 1.165) is 0 Å². The molecule has 0 saturated heterocycles. The van der Waals surface area contributed by atoms with Crippen molar-refractivity contribution in [3.8, 4) is 0 Å². The fraction of sp³-hybridized carbons (Fsp3) is 0.400. The third kappa shape index (κ3) is 2.86. The molecule has 0 spiro atoms. The van der Waals surface area contributed by atoms with E-state index in [2.05, 4.69) is 5.32 Å². The first-order chi connectivity index (χ1) is 6.65. The summed E-state index contributed by atoms with van der Waals surface area (Å²) >= 11 is 5.77. The Morgan fingerprint density at radius 1 is 1.57 bits per heavy atom. The first kappa shape index (κ1) is 11.3. The summed E-state index contributed by atoms with van der Waals surface area (Å²) in [6, 6.07) is 4.47. The third-order valence-electron chi connectivity index (χ3n) is 1.95. The number of anilines is 1. The highest BCUT2D eigenvalue weighted by atomic mass is 35.5. The molecule has 0 heterocycles. The maximum Gasteiger partial charge on any atom is 0.147 e. The van der Waals surface area contributed by atoms with Gasteiger partial charge in [0.1, 0.15) is 5.82 Å². The topological polar surface area (TPSA) is 32.3 Å². The molecule has 0 aliphatic carbocycles. The Hall–Kier alpha value is -0.800. The first-order valence-electron chi connectivity index (χ1n) is 4.51. The first-order valence-corrected chi connectivity index (χ1v) is 4.89. The van der Waals surface area contributed by atoms with Gasteiger partial charge in [0.05, 0.1) is 16.8 Å². The predicted molar refractivity (Wildman–Crippen MR) is 56.2 cm³/mol. The lowest BCUT2D eigenvalue weighted by molar-refractivity contribution is 0.183. The van der Waals surface area contributed by atoms with E-state index in [9.17, 15) is 9.50 Å². The fourth-order valence-corrected chi connectivity index (χ4v) is 1.26. The minimum absolute atomic E-state index is 0.252. The standard InChI is InChI=1S/C10H13ClFNO/c1-2-7(14)6-13-10-8(11)4-3-5-9(10)12/h3-5,7,13-14H,2,6H2,1H3. The molecule has 1 rings (SSSR count). The van der Waals surface area contributed by atoms with Crippen LogP contribution < -0.4 is 5.32 Å². The van der Waals surface area contributed by atoms with E-state index < -0.39 is 11.9 Å². The predicted octanol–water partition coefficient (Wildman–Crippen LogP) is 2.66. The van der Waals surface area contributed by atoms with Gasteiger partial charge in [0.25, 0.3) is 0 Å². The molecule has 0 aromatic heterocycles. The van der Waals surface area contributed by atoms with Crippen LogP contribution in [0.2, 0.25) is 5.02 Å². The molecule has 1 atom stereocenters. The van der Waals surface area contributed by atoms with Crippen molar-refractivity contribution in [1.82, 2.24) is 0 Å². The van der Waals surface area contributed by atoms with Gasteiger partial charge in [-0.1, -0.05) is 24.6 Å². The highest BCUT2D eigenvalue weighted by Gasteiger charge is 2.07. The van der Waals surface area contributed by atoms with Crippen molar-refractivity contribution >= 4 is 17.3 Å². The van der Waals surface area contributed by atoms with Crippen LogP contribution in [0.15, 0.2) is 18.2 Å². The Bertz CT molecular complexity index is 286. The molecular formula is C10H13ClFNO. The maximum atomic E-state index is 13.2. The van der Waals surface area contributed by atoms with E-state index in [1.165, 1.54) is 6.07 Å². The molecule has 0 fully saturated rings. The van der Waals surface area contributed by atoms with Gasteiger partial charge in [0, 0.05) is 6.54 Å². The van der Waals surface area contributed by atoms with Gasteiger partial charge >= 0.3 is 0 Å². The molecular weight excluding hydrogens is 205 g/mol. The van der Waals surface area contributed by atoms with Crippen molar-refractivity contribution in [3.05, 3.63) is 29.0 Å². The molecule has 1 aromatic carbocycles. The summed E-state index contributed by atoms with van der Waals surface area (Å²) < 4.78 is 13.2. The summed E-state index contributed by atoms with van der Waals surface area (Å²) in [6.45, 7) is 2.16. The van der Waals surface area contributed by atoms with Crippen LogP contribution in [-0.2, 0) is 0 Å². The van der Waals surface area contributed by atoms with Crippen molar-refractivity contribution in [2.24, 2.45) is 0 Å². The number of aliphatic hydroxyl groups is 1. The number of halogens is 2. The third-order valence-corrected chi connectivity index (χ3v) is 2.26. The molecule has 0 radical (unpaired) electrons. The van der Waals surface area contributed by atoms with Crippen molar-refractivity contribution in [2.75, 3.05) is 11.9 Å². The molecule has 2 nitrogen and oxygen atoms in total. The maximum absolute atomic E-state index is 13.2. The lowest BCUT2D eigenvalue weighted by Crippen LogP contribution is -2.18. The van der Waals surface area contributed by atoms with Gasteiger partial charge in [-0.25, -0.2) is 4.39 Å². The number of para-hydroxylation sites is 1. The Morgan fingerprint density at radius 2 is 2.29 bits per heavy atom. The summed E-state index contributed by atoms with van der Waals surface area (Å²) in [6.07, 6.45) is 0.143. The molecule has 14 heavy (non-hydrogen) atoms. The van der Waals surface area contributed by atoms with E-state index >= 15 is 0 Å². The molecule has 1 aromatic rings. The highest BCUT2D eigenvalue weighted by molar-refractivity contribution is 6.33. The van der Waals surface area contributed by atoms with E-state index in [-0.39, 0.29) is 5.69 Å². The smallest absolute Gasteiger partial charge is 0.147 e. The number of nitrogens with one attached hydrogen (secondary N) is 1. The normalized spacial score (nSPS) is 12.6. The molecule has 2 N–H and O–H groups in total. The average Bonchev–Trinajstić information content (AvgIpc) is 2.16. The lowest BCUT2D eigenvalue weighted by Gasteiger charge is -2.12. The van der Waals surface area contributed by atoms with Crippen LogP contribution in [0, 0.1) is 5.82 Å². The molecule has 78 valence electrons. The van der Waals surface area contributed by atoms with Crippen LogP contribution >= 0.6 is 11.6 Å². The summed E-state index contributed by atoms with van der Waals surface area (Å²) in [5.41, 5.74) is 0.252. The summed E-state index contributed by atoms with van der Waals surface area (Å²) in [5, 5.41) is 12.4. The number of benzene rings is 1. The van der Waals surface area contributed by atoms with E-state index in [0.29, 0.717) is 18.0 Å². The van der Waals surface area contributed by atoms with Crippen molar-refractivity contribution in [3.63, 3.8) is 0 Å². The second kappa shape index (κ2) is 5.17. The molecule has 4 heteroatoms. The largest absolute Gasteiger partial charge is 0.391 e. The molecule has 0 aliphatic heterocycles. The highest BCUT2D eigenvalue weighted by Crippen LogP contribution is 2.24. The van der Waals surface area contributed by atoms with Crippen LogP contribution in [0.1, 0.15) is 13.3 Å². The number of aliphatic hydroxyl groups excluding tert-OH is 1. The quantitative estimate of drug-likeness (QED) is 0.813. The summed E-state index contributed by atoms with van der Waals surface area (Å²) in [4.78, 5) is 0. The Kier molecular flexibility index (Phi) is 4.17. The molecule has 0 amide bonds. The summed E-state index contributed by atoms with van der Waals surface area (Å²) in [5.74, 6) is -0.402. The number of rotatable bonds is 4. The average molecular weight is 218 g/mol. The minimum Gasteiger partial charge on any atom is -0.391 e. The minimum atomic E-state index is -0.481. The van der Waals surface area contributed by atoms with Crippen LogP contribution in [0.5, 0.6) is 0 Å². The zero-order valence-corrected chi connectivity index (χ0v) is 8.68. The van der Waals surface area contributed by atoms with Gasteiger partial charge in [0.2, 0.25) is 0 Å². The van der Waals surface area contributed by atoms with Gasteiger partial charge in [-0.05, 0) is 18.6 Å². The van der Waals surface area contributed by atoms with Crippen LogP contribution in [0.4, 0.5) is 10.1 Å². The zero-order chi connectivity index (χ0) is 10.6. The Balaban J connectivity index is 2.66. The molecule has 1 unspecified atom stereocenters. The van der Waals surface area contributed by atoms with E-state index in [1.807, 2.05) is 6.92 Å². The molecule has 0 saturated carbocycles. The van der Waals surface area contributed by atoms with Crippen LogP contribution in [-0.4, -0.2) is 17.8 Å². The Labute approximate surface area is 87.7 Å². The van der Waals surface area contributed by atoms with Gasteiger partial charge in [0.15, 0.2) is 0 Å². The second-order valence-corrected chi connectivity index (χ2v) is 3.45. The number of hydrogen-bond acceptors (Lipinski definition) is 2. The SMILES string of the molecule is CCC(O)CNc1c(F)cccc1Cl. The fourth-order valence-electron chi connectivity index (χ4n) is 1.03. The monoisotopic (exact) mass is 217 g/mol. The summed E-state index contributed by atoms with van der Waals surface area (Å²) in [7, 11) is 0. The molecule has 0 aliphatic rings. The number of hydrogen-bond donors (Lipinski definition) is 2. The van der Waals surface area contributed by atoms with Crippen LogP contribution in [0.3, 0.4) is 0 Å². The van der Waals surface area contributed by atoms with Gasteiger partial charge in [-0.3, -0.25) is 0 Å². The van der Waals surface area contributed by atoms with E-state index in [4.69, 9.17) is 11.6 Å². The zero-order valence-electron chi connectivity index (χ0n) is 7.93. The second-order valence-electron chi connectivity index (χ2n) is 3.04. The van der Waals surface area contributed by atoms with Crippen molar-refractivity contribution < 1.29 is 9.50 Å². The van der Waals surface area contributed by atoms with Crippen LogP contribution in [0.25, 0.3) is 0 Å². The van der Waals surface area contributed by atoms with Gasteiger partial charge in [-0.15, -0.1) is 0 Å². The molecule has 0 bridgehead atoms. The Morgan fingerprint density at radius 3 is 2.86 bits per heavy atom. The van der Waals surface area contributed by atoms with E-state index in [1.54, 1.807) is 12.1 Å². The lowest BCUT2D eigenvalue weighted by atomic mass is 10.2. The van der Waals surface area contributed by atoms with Gasteiger partial charge < -0.3 is 10.4 Å². The van der Waals surface area contributed by atoms with Gasteiger partial charge in [-0.2, -0.15) is 0 Å².